The summed E-state index contributed by atoms with van der Waals surface area (Å²) in [6.07, 6.45) is 3.57. The van der Waals surface area contributed by atoms with Crippen molar-refractivity contribution in [2.45, 2.75) is 0 Å². The Labute approximate surface area is 116 Å². The van der Waals surface area contributed by atoms with E-state index >= 15 is 0 Å². The number of carbonyl (C=O) groups is 1. The van der Waals surface area contributed by atoms with E-state index in [2.05, 4.69) is 18.2 Å². The van der Waals surface area contributed by atoms with Crippen LogP contribution < -0.4 is 0 Å². The van der Waals surface area contributed by atoms with Crippen molar-refractivity contribution in [2.75, 3.05) is 26.3 Å². The molecule has 0 N–H and O–H groups in total. The molecule has 3 rings (SSSR count). The Morgan fingerprint density at radius 1 is 1.26 bits per heavy atom. The zero-order valence-corrected chi connectivity index (χ0v) is 11.4. The fraction of sp³-hybridized carbons (Fsp3) is 0.267. The van der Waals surface area contributed by atoms with Crippen molar-refractivity contribution in [3.05, 3.63) is 41.3 Å². The first-order valence-electron chi connectivity index (χ1n) is 6.36. The van der Waals surface area contributed by atoms with Crippen LogP contribution in [0.5, 0.6) is 0 Å². The topological polar surface area (TPSA) is 29.5 Å². The normalized spacial score (nSPS) is 16.3. The Kier molecular flexibility index (Phi) is 3.62. The van der Waals surface area contributed by atoms with Crippen molar-refractivity contribution in [1.82, 2.24) is 4.90 Å². The third-order valence-corrected chi connectivity index (χ3v) is 4.24. The van der Waals surface area contributed by atoms with Gasteiger partial charge in [0.2, 0.25) is 5.91 Å². The van der Waals surface area contributed by atoms with Crippen LogP contribution in [-0.4, -0.2) is 37.1 Å². The van der Waals surface area contributed by atoms with E-state index in [1.165, 1.54) is 10.1 Å². The van der Waals surface area contributed by atoms with E-state index in [9.17, 15) is 4.79 Å². The zero-order valence-electron chi connectivity index (χ0n) is 10.5. The lowest BCUT2D eigenvalue weighted by Gasteiger charge is -2.25. The van der Waals surface area contributed by atoms with Crippen LogP contribution in [-0.2, 0) is 9.53 Å². The summed E-state index contributed by atoms with van der Waals surface area (Å²) in [6, 6.07) is 10.4. The van der Waals surface area contributed by atoms with Crippen molar-refractivity contribution in [2.24, 2.45) is 0 Å². The van der Waals surface area contributed by atoms with Gasteiger partial charge < -0.3 is 9.64 Å². The summed E-state index contributed by atoms with van der Waals surface area (Å²) in [4.78, 5) is 14.9. The Hall–Kier alpha value is -1.65. The second-order valence-corrected chi connectivity index (χ2v) is 5.57. The van der Waals surface area contributed by atoms with Crippen LogP contribution >= 0.6 is 11.3 Å². The Balaban J connectivity index is 1.72. The van der Waals surface area contributed by atoms with Crippen molar-refractivity contribution in [3.63, 3.8) is 0 Å². The number of nitrogens with zero attached hydrogens (tertiary/aromatic N) is 1. The van der Waals surface area contributed by atoms with Gasteiger partial charge in [-0.05, 0) is 23.6 Å². The molecule has 0 saturated carbocycles. The molecule has 0 spiro atoms. The number of benzene rings is 1. The van der Waals surface area contributed by atoms with Gasteiger partial charge in [0.1, 0.15) is 0 Å². The van der Waals surface area contributed by atoms with Gasteiger partial charge in [-0.15, -0.1) is 11.3 Å². The number of amides is 1. The number of hydrogen-bond acceptors (Lipinski definition) is 3. The van der Waals surface area contributed by atoms with E-state index < -0.39 is 0 Å². The molecule has 1 amide bonds. The highest BCUT2D eigenvalue weighted by Gasteiger charge is 2.13. The first-order chi connectivity index (χ1) is 9.33. The van der Waals surface area contributed by atoms with E-state index in [4.69, 9.17) is 4.74 Å². The highest BCUT2D eigenvalue weighted by atomic mass is 32.1. The fourth-order valence-electron chi connectivity index (χ4n) is 2.13. The molecule has 0 unspecified atom stereocenters. The molecule has 0 bridgehead atoms. The Morgan fingerprint density at radius 3 is 2.84 bits per heavy atom. The van der Waals surface area contributed by atoms with Crippen LogP contribution in [0.4, 0.5) is 0 Å². The SMILES string of the molecule is O=C(/C=C/c1cc2ccccc2s1)N1CCOCC1. The Morgan fingerprint density at radius 2 is 2.05 bits per heavy atom. The summed E-state index contributed by atoms with van der Waals surface area (Å²) in [6.45, 7) is 2.66. The molecule has 0 radical (unpaired) electrons. The van der Waals surface area contributed by atoms with E-state index in [-0.39, 0.29) is 5.91 Å². The summed E-state index contributed by atoms with van der Waals surface area (Å²) < 4.78 is 6.49. The van der Waals surface area contributed by atoms with Crippen LogP contribution in [0.15, 0.2) is 36.4 Å². The molecule has 1 aromatic carbocycles. The van der Waals surface area contributed by atoms with E-state index in [1.54, 1.807) is 17.4 Å². The maximum absolute atomic E-state index is 12.0. The number of fused-ring (bicyclic) bond motifs is 1. The average molecular weight is 273 g/mol. The number of carbonyl (C=O) groups excluding carboxylic acids is 1. The zero-order chi connectivity index (χ0) is 13.1. The number of thiophene rings is 1. The summed E-state index contributed by atoms with van der Waals surface area (Å²) >= 11 is 1.70. The molecule has 0 aliphatic carbocycles. The quantitative estimate of drug-likeness (QED) is 0.787. The van der Waals surface area contributed by atoms with Crippen LogP contribution in [0.3, 0.4) is 0 Å². The van der Waals surface area contributed by atoms with E-state index in [1.807, 2.05) is 23.1 Å². The molecule has 1 fully saturated rings. The molecule has 2 aromatic rings. The van der Waals surface area contributed by atoms with Crippen LogP contribution in [0.2, 0.25) is 0 Å². The smallest absolute Gasteiger partial charge is 0.246 e. The molecule has 19 heavy (non-hydrogen) atoms. The van der Waals surface area contributed by atoms with Crippen molar-refractivity contribution < 1.29 is 9.53 Å². The molecule has 2 heterocycles. The molecule has 1 aliphatic rings. The highest BCUT2D eigenvalue weighted by molar-refractivity contribution is 7.19. The number of rotatable bonds is 2. The monoisotopic (exact) mass is 273 g/mol. The predicted molar refractivity (Wildman–Crippen MR) is 78.3 cm³/mol. The predicted octanol–water partition coefficient (Wildman–Crippen LogP) is 2.77. The molecule has 1 aromatic heterocycles. The van der Waals surface area contributed by atoms with Crippen molar-refractivity contribution in [1.29, 1.82) is 0 Å². The lowest BCUT2D eigenvalue weighted by atomic mass is 10.2. The minimum atomic E-state index is 0.0701. The van der Waals surface area contributed by atoms with E-state index in [0.29, 0.717) is 26.3 Å². The standard InChI is InChI=1S/C15H15NO2S/c17-15(16-7-9-18-10-8-16)6-5-13-11-12-3-1-2-4-14(12)19-13/h1-6,11H,7-10H2/b6-5+. The van der Waals surface area contributed by atoms with Gasteiger partial charge in [-0.2, -0.15) is 0 Å². The van der Waals surface area contributed by atoms with Crippen LogP contribution in [0, 0.1) is 0 Å². The summed E-state index contributed by atoms with van der Waals surface area (Å²) in [5.41, 5.74) is 0. The summed E-state index contributed by atoms with van der Waals surface area (Å²) in [7, 11) is 0. The number of hydrogen-bond donors (Lipinski definition) is 0. The van der Waals surface area contributed by atoms with Crippen molar-refractivity contribution >= 4 is 33.4 Å². The van der Waals surface area contributed by atoms with Gasteiger partial charge in [0.15, 0.2) is 0 Å². The average Bonchev–Trinajstić information content (AvgIpc) is 2.88. The minimum absolute atomic E-state index is 0.0701. The largest absolute Gasteiger partial charge is 0.378 e. The second-order valence-electron chi connectivity index (χ2n) is 4.46. The molecule has 3 nitrogen and oxygen atoms in total. The molecule has 1 saturated heterocycles. The van der Waals surface area contributed by atoms with Gasteiger partial charge in [-0.1, -0.05) is 18.2 Å². The third kappa shape index (κ3) is 2.85. The number of ether oxygens (including phenoxy) is 1. The molecule has 98 valence electrons. The first-order valence-corrected chi connectivity index (χ1v) is 7.18. The van der Waals surface area contributed by atoms with Crippen molar-refractivity contribution in [3.8, 4) is 0 Å². The van der Waals surface area contributed by atoms with Crippen LogP contribution in [0.25, 0.3) is 16.2 Å². The van der Waals surface area contributed by atoms with Gasteiger partial charge in [-0.3, -0.25) is 4.79 Å². The summed E-state index contributed by atoms with van der Waals surface area (Å²) in [5.74, 6) is 0.0701. The first kappa shape index (κ1) is 12.4. The summed E-state index contributed by atoms with van der Waals surface area (Å²) in [5, 5.41) is 1.23. The molecular formula is C15H15NO2S. The van der Waals surface area contributed by atoms with Gasteiger partial charge in [0.25, 0.3) is 0 Å². The third-order valence-electron chi connectivity index (χ3n) is 3.16. The van der Waals surface area contributed by atoms with Gasteiger partial charge >= 0.3 is 0 Å². The Bertz CT molecular complexity index is 578. The molecule has 4 heteroatoms. The maximum Gasteiger partial charge on any atom is 0.246 e. The van der Waals surface area contributed by atoms with Crippen LogP contribution in [0.1, 0.15) is 4.88 Å². The van der Waals surface area contributed by atoms with Gasteiger partial charge in [0, 0.05) is 28.7 Å². The maximum atomic E-state index is 12.0. The molecule has 1 aliphatic heterocycles. The van der Waals surface area contributed by atoms with Gasteiger partial charge in [-0.25, -0.2) is 0 Å². The molecule has 0 atom stereocenters. The van der Waals surface area contributed by atoms with Gasteiger partial charge in [0.05, 0.1) is 13.2 Å². The molecular weight excluding hydrogens is 258 g/mol. The lowest BCUT2D eigenvalue weighted by molar-refractivity contribution is -0.129. The number of morpholine rings is 1. The fourth-order valence-corrected chi connectivity index (χ4v) is 3.09. The van der Waals surface area contributed by atoms with E-state index in [0.717, 1.165) is 4.88 Å². The lowest BCUT2D eigenvalue weighted by Crippen LogP contribution is -2.39. The highest BCUT2D eigenvalue weighted by Crippen LogP contribution is 2.26. The minimum Gasteiger partial charge on any atom is -0.378 e. The second kappa shape index (κ2) is 5.55.